The van der Waals surface area contributed by atoms with Gasteiger partial charge in [-0.1, -0.05) is 25.1 Å². The van der Waals surface area contributed by atoms with Gasteiger partial charge in [0.15, 0.2) is 0 Å². The second kappa shape index (κ2) is 9.15. The summed E-state index contributed by atoms with van der Waals surface area (Å²) in [6, 6.07) is 9.99. The van der Waals surface area contributed by atoms with Gasteiger partial charge in [-0.25, -0.2) is 13.8 Å². The normalized spacial score (nSPS) is 12.4. The fourth-order valence-electron chi connectivity index (χ4n) is 2.64. The average Bonchev–Trinajstić information content (AvgIpc) is 2.69. The van der Waals surface area contributed by atoms with Crippen molar-refractivity contribution in [3.8, 4) is 17.0 Å². The lowest BCUT2D eigenvalue weighted by atomic mass is 10.1. The first-order valence-corrected chi connectivity index (χ1v) is 9.37. The highest BCUT2D eigenvalue weighted by Crippen LogP contribution is 2.30. The molecular formula is C21H19F5N4O. The van der Waals surface area contributed by atoms with Gasteiger partial charge in [-0.15, -0.1) is 13.2 Å². The third-order valence-electron chi connectivity index (χ3n) is 4.29. The molecule has 0 bridgehead atoms. The van der Waals surface area contributed by atoms with Crippen molar-refractivity contribution < 1.29 is 26.7 Å². The number of para-hydroxylation sites is 1. The van der Waals surface area contributed by atoms with Gasteiger partial charge >= 0.3 is 6.36 Å². The van der Waals surface area contributed by atoms with Crippen LogP contribution in [0.25, 0.3) is 11.3 Å². The SMILES string of the molecule is CC[C@@H](C)Nc1nc(Nc2c(F)cccc2F)cc(-c2cccc(OC(F)(F)F)c2)n1. The van der Waals surface area contributed by atoms with Crippen LogP contribution in [0.1, 0.15) is 20.3 Å². The standard InChI is InChI=1S/C21H19F5N4O/c1-3-12(2)27-20-28-17(13-6-4-7-14(10-13)31-21(24,25)26)11-18(30-20)29-19-15(22)8-5-9-16(19)23/h4-12H,3H2,1-2H3,(H2,27,28,29,30)/t12-/m1/s1. The number of rotatable bonds is 7. The molecule has 164 valence electrons. The minimum Gasteiger partial charge on any atom is -0.406 e. The Kier molecular flexibility index (Phi) is 6.57. The number of aromatic nitrogens is 2. The van der Waals surface area contributed by atoms with E-state index in [4.69, 9.17) is 0 Å². The first-order valence-electron chi connectivity index (χ1n) is 9.37. The first-order chi connectivity index (χ1) is 14.6. The molecule has 0 spiro atoms. The number of nitrogens with one attached hydrogen (secondary N) is 2. The Labute approximate surface area is 175 Å². The van der Waals surface area contributed by atoms with Crippen molar-refractivity contribution in [2.75, 3.05) is 10.6 Å². The molecule has 0 unspecified atom stereocenters. The number of anilines is 3. The summed E-state index contributed by atoms with van der Waals surface area (Å²) in [5.74, 6) is -1.86. The lowest BCUT2D eigenvalue weighted by Crippen LogP contribution is -2.17. The highest BCUT2D eigenvalue weighted by Gasteiger charge is 2.31. The quantitative estimate of drug-likeness (QED) is 0.426. The van der Waals surface area contributed by atoms with Crippen LogP contribution in [0.3, 0.4) is 0 Å². The zero-order chi connectivity index (χ0) is 22.6. The average molecular weight is 438 g/mol. The second-order valence-corrected chi connectivity index (χ2v) is 6.71. The number of hydrogen-bond acceptors (Lipinski definition) is 5. The van der Waals surface area contributed by atoms with E-state index in [1.165, 1.54) is 24.3 Å². The van der Waals surface area contributed by atoms with Gasteiger partial charge in [0.1, 0.15) is 28.9 Å². The Hall–Kier alpha value is -3.43. The summed E-state index contributed by atoms with van der Waals surface area (Å²) in [7, 11) is 0. The molecule has 2 aromatic carbocycles. The van der Waals surface area contributed by atoms with E-state index in [1.54, 1.807) is 0 Å². The molecule has 2 N–H and O–H groups in total. The third kappa shape index (κ3) is 6.03. The summed E-state index contributed by atoms with van der Waals surface area (Å²) in [5.41, 5.74) is 0.122. The molecule has 1 atom stereocenters. The smallest absolute Gasteiger partial charge is 0.406 e. The van der Waals surface area contributed by atoms with E-state index in [1.807, 2.05) is 13.8 Å². The topological polar surface area (TPSA) is 59.1 Å². The predicted octanol–water partition coefficient (Wildman–Crippen LogP) is 6.27. The van der Waals surface area contributed by atoms with Crippen molar-refractivity contribution in [2.24, 2.45) is 0 Å². The van der Waals surface area contributed by atoms with E-state index < -0.39 is 29.4 Å². The van der Waals surface area contributed by atoms with Gasteiger partial charge < -0.3 is 15.4 Å². The largest absolute Gasteiger partial charge is 0.573 e. The second-order valence-electron chi connectivity index (χ2n) is 6.71. The molecule has 0 aliphatic carbocycles. The van der Waals surface area contributed by atoms with Crippen LogP contribution >= 0.6 is 0 Å². The van der Waals surface area contributed by atoms with Crippen molar-refractivity contribution in [3.63, 3.8) is 0 Å². The van der Waals surface area contributed by atoms with Gasteiger partial charge in [-0.2, -0.15) is 4.98 Å². The summed E-state index contributed by atoms with van der Waals surface area (Å²) in [6.07, 6.45) is -4.10. The molecular weight excluding hydrogens is 419 g/mol. The number of ether oxygens (including phenoxy) is 1. The van der Waals surface area contributed by atoms with Gasteiger partial charge in [-0.05, 0) is 37.6 Å². The van der Waals surface area contributed by atoms with E-state index in [0.717, 1.165) is 30.7 Å². The summed E-state index contributed by atoms with van der Waals surface area (Å²) in [5, 5.41) is 5.63. The van der Waals surface area contributed by atoms with Crippen molar-refractivity contribution in [1.29, 1.82) is 0 Å². The molecule has 0 saturated heterocycles. The first kappa shape index (κ1) is 22.3. The summed E-state index contributed by atoms with van der Waals surface area (Å²) in [6.45, 7) is 3.82. The van der Waals surface area contributed by atoms with Crippen LogP contribution in [0.5, 0.6) is 5.75 Å². The summed E-state index contributed by atoms with van der Waals surface area (Å²) >= 11 is 0. The van der Waals surface area contributed by atoms with Crippen LogP contribution in [0.4, 0.5) is 39.4 Å². The third-order valence-corrected chi connectivity index (χ3v) is 4.29. The lowest BCUT2D eigenvalue weighted by Gasteiger charge is -2.15. The van der Waals surface area contributed by atoms with E-state index >= 15 is 0 Å². The molecule has 10 heteroatoms. The predicted molar refractivity (Wildman–Crippen MR) is 107 cm³/mol. The van der Waals surface area contributed by atoms with Crippen LogP contribution in [0, 0.1) is 11.6 Å². The molecule has 1 aromatic heterocycles. The van der Waals surface area contributed by atoms with Gasteiger partial charge in [0.2, 0.25) is 5.95 Å². The number of benzene rings is 2. The van der Waals surface area contributed by atoms with E-state index in [2.05, 4.69) is 25.3 Å². The maximum Gasteiger partial charge on any atom is 0.573 e. The Morgan fingerprint density at radius 1 is 1.00 bits per heavy atom. The Balaban J connectivity index is 2.03. The van der Waals surface area contributed by atoms with Crippen molar-refractivity contribution in [2.45, 2.75) is 32.7 Å². The highest BCUT2D eigenvalue weighted by molar-refractivity contribution is 5.68. The number of nitrogens with zero attached hydrogens (tertiary/aromatic N) is 2. The molecule has 1 heterocycles. The number of alkyl halides is 3. The van der Waals surface area contributed by atoms with Crippen LogP contribution in [-0.4, -0.2) is 22.4 Å². The maximum atomic E-state index is 14.1. The van der Waals surface area contributed by atoms with Gasteiger partial charge in [0.25, 0.3) is 0 Å². The Morgan fingerprint density at radius 3 is 2.32 bits per heavy atom. The Bertz CT molecular complexity index is 1040. The maximum absolute atomic E-state index is 14.1. The van der Waals surface area contributed by atoms with Crippen LogP contribution < -0.4 is 15.4 Å². The Morgan fingerprint density at radius 2 is 1.68 bits per heavy atom. The number of halogens is 5. The molecule has 0 aliphatic rings. The van der Waals surface area contributed by atoms with Gasteiger partial charge in [-0.3, -0.25) is 0 Å². The molecule has 0 aliphatic heterocycles. The minimum absolute atomic E-state index is 0.0202. The van der Waals surface area contributed by atoms with Crippen LogP contribution in [0.15, 0.2) is 48.5 Å². The van der Waals surface area contributed by atoms with E-state index in [9.17, 15) is 22.0 Å². The molecule has 3 aromatic rings. The van der Waals surface area contributed by atoms with Crippen molar-refractivity contribution in [3.05, 3.63) is 60.2 Å². The molecule has 5 nitrogen and oxygen atoms in total. The molecule has 31 heavy (non-hydrogen) atoms. The van der Waals surface area contributed by atoms with Crippen molar-refractivity contribution >= 4 is 17.5 Å². The number of hydrogen-bond donors (Lipinski definition) is 2. The van der Waals surface area contributed by atoms with Crippen LogP contribution in [-0.2, 0) is 0 Å². The minimum atomic E-state index is -4.84. The molecule has 0 saturated carbocycles. The van der Waals surface area contributed by atoms with Gasteiger partial charge in [0.05, 0.1) is 5.69 Å². The molecule has 3 rings (SSSR count). The lowest BCUT2D eigenvalue weighted by molar-refractivity contribution is -0.274. The van der Waals surface area contributed by atoms with Crippen LogP contribution in [0.2, 0.25) is 0 Å². The zero-order valence-corrected chi connectivity index (χ0v) is 16.6. The fourth-order valence-corrected chi connectivity index (χ4v) is 2.64. The molecule has 0 radical (unpaired) electrons. The van der Waals surface area contributed by atoms with E-state index in [0.29, 0.717) is 5.56 Å². The van der Waals surface area contributed by atoms with E-state index in [-0.39, 0.29) is 23.5 Å². The summed E-state index contributed by atoms with van der Waals surface area (Å²) in [4.78, 5) is 8.56. The monoisotopic (exact) mass is 438 g/mol. The highest BCUT2D eigenvalue weighted by atomic mass is 19.4. The molecule has 0 fully saturated rings. The summed E-state index contributed by atoms with van der Waals surface area (Å²) < 4.78 is 69.8. The van der Waals surface area contributed by atoms with Crippen molar-refractivity contribution in [1.82, 2.24) is 9.97 Å². The fraction of sp³-hybridized carbons (Fsp3) is 0.238. The molecule has 0 amide bonds. The van der Waals surface area contributed by atoms with Gasteiger partial charge in [0, 0.05) is 17.7 Å². The zero-order valence-electron chi connectivity index (χ0n) is 16.6.